The van der Waals surface area contributed by atoms with Crippen LogP contribution in [0.3, 0.4) is 0 Å². The maximum atomic E-state index is 4.84. The molecule has 1 aliphatic rings. The molecule has 0 spiro atoms. The van der Waals surface area contributed by atoms with Crippen LogP contribution in [0.15, 0.2) is 24.3 Å². The second kappa shape index (κ2) is 4.54. The standard InChI is InChI=1S/C14H14BrNS/c1-9-3-2-4-11(7-9)14-16-13(10-5-6-10)12(8-15)17-14/h2-4,7,10H,5-6,8H2,1H3. The number of hydrogen-bond acceptors (Lipinski definition) is 2. The van der Waals surface area contributed by atoms with Crippen molar-refractivity contribution in [3.05, 3.63) is 40.4 Å². The third-order valence-corrected chi connectivity index (χ3v) is 5.13. The summed E-state index contributed by atoms with van der Waals surface area (Å²) >= 11 is 5.41. The van der Waals surface area contributed by atoms with Gasteiger partial charge in [0.15, 0.2) is 0 Å². The van der Waals surface area contributed by atoms with Crippen LogP contribution in [-0.4, -0.2) is 4.98 Å². The van der Waals surface area contributed by atoms with Crippen LogP contribution in [0.1, 0.15) is 34.9 Å². The SMILES string of the molecule is Cc1cccc(-c2nc(C3CC3)c(CBr)s2)c1. The average Bonchev–Trinajstić information content (AvgIpc) is 3.08. The molecule has 0 radical (unpaired) electrons. The zero-order chi connectivity index (χ0) is 11.8. The molecule has 1 aromatic heterocycles. The van der Waals surface area contributed by atoms with E-state index in [2.05, 4.69) is 47.1 Å². The number of nitrogens with zero attached hydrogens (tertiary/aromatic N) is 1. The van der Waals surface area contributed by atoms with Gasteiger partial charge in [-0.25, -0.2) is 4.98 Å². The van der Waals surface area contributed by atoms with Crippen LogP contribution < -0.4 is 0 Å². The van der Waals surface area contributed by atoms with Crippen LogP contribution in [-0.2, 0) is 5.33 Å². The summed E-state index contributed by atoms with van der Waals surface area (Å²) in [6.07, 6.45) is 2.63. The Bertz CT molecular complexity index is 543. The number of aromatic nitrogens is 1. The molecule has 1 aliphatic carbocycles. The van der Waals surface area contributed by atoms with Crippen LogP contribution >= 0.6 is 27.3 Å². The first kappa shape index (κ1) is 11.4. The molecule has 0 N–H and O–H groups in total. The van der Waals surface area contributed by atoms with Crippen molar-refractivity contribution in [2.24, 2.45) is 0 Å². The number of halogens is 1. The lowest BCUT2D eigenvalue weighted by Crippen LogP contribution is -1.84. The van der Waals surface area contributed by atoms with Crippen molar-refractivity contribution in [2.45, 2.75) is 31.0 Å². The Hall–Kier alpha value is -0.670. The molecule has 0 aliphatic heterocycles. The van der Waals surface area contributed by atoms with Crippen LogP contribution in [0, 0.1) is 6.92 Å². The van der Waals surface area contributed by atoms with Gasteiger partial charge in [0, 0.05) is 21.7 Å². The van der Waals surface area contributed by atoms with Gasteiger partial charge in [0.2, 0.25) is 0 Å². The molecule has 1 fully saturated rings. The molecule has 3 rings (SSSR count). The maximum absolute atomic E-state index is 4.84. The molecule has 0 unspecified atom stereocenters. The number of thiazole rings is 1. The predicted octanol–water partition coefficient (Wildman–Crippen LogP) is 4.89. The summed E-state index contributed by atoms with van der Waals surface area (Å²) in [5.41, 5.74) is 3.89. The van der Waals surface area contributed by atoms with Crippen molar-refractivity contribution in [2.75, 3.05) is 0 Å². The van der Waals surface area contributed by atoms with E-state index < -0.39 is 0 Å². The lowest BCUT2D eigenvalue weighted by Gasteiger charge is -1.97. The number of aryl methyl sites for hydroxylation is 1. The molecule has 17 heavy (non-hydrogen) atoms. The maximum Gasteiger partial charge on any atom is 0.123 e. The fourth-order valence-electron chi connectivity index (χ4n) is 2.04. The summed E-state index contributed by atoms with van der Waals surface area (Å²) < 4.78 is 0. The van der Waals surface area contributed by atoms with Crippen LogP contribution in [0.5, 0.6) is 0 Å². The quantitative estimate of drug-likeness (QED) is 0.736. The van der Waals surface area contributed by atoms with Crippen molar-refractivity contribution < 1.29 is 0 Å². The molecule has 2 aromatic rings. The summed E-state index contributed by atoms with van der Waals surface area (Å²) in [5, 5.41) is 2.10. The number of alkyl halides is 1. The zero-order valence-corrected chi connectivity index (χ0v) is 12.1. The highest BCUT2D eigenvalue weighted by Gasteiger charge is 2.29. The second-order valence-corrected chi connectivity index (χ2v) is 6.25. The van der Waals surface area contributed by atoms with Crippen LogP contribution in [0.2, 0.25) is 0 Å². The predicted molar refractivity (Wildman–Crippen MR) is 76.9 cm³/mol. The van der Waals surface area contributed by atoms with Crippen molar-refractivity contribution in [1.82, 2.24) is 4.98 Å². The number of rotatable bonds is 3. The van der Waals surface area contributed by atoms with Gasteiger partial charge in [-0.3, -0.25) is 0 Å². The highest BCUT2D eigenvalue weighted by Crippen LogP contribution is 2.44. The average molecular weight is 308 g/mol. The van der Waals surface area contributed by atoms with Gasteiger partial charge in [-0.1, -0.05) is 39.7 Å². The Balaban J connectivity index is 2.03. The van der Waals surface area contributed by atoms with E-state index in [4.69, 9.17) is 4.98 Å². The Morgan fingerprint density at radius 3 is 2.88 bits per heavy atom. The Kier molecular flexibility index (Phi) is 3.05. The van der Waals surface area contributed by atoms with Gasteiger partial charge in [-0.05, 0) is 25.8 Å². The van der Waals surface area contributed by atoms with E-state index in [1.54, 1.807) is 0 Å². The third kappa shape index (κ3) is 2.31. The largest absolute Gasteiger partial charge is 0.240 e. The fraction of sp³-hybridized carbons (Fsp3) is 0.357. The number of benzene rings is 1. The molecule has 1 aromatic carbocycles. The second-order valence-electron chi connectivity index (χ2n) is 4.60. The van der Waals surface area contributed by atoms with Crippen LogP contribution in [0.25, 0.3) is 10.6 Å². The lowest BCUT2D eigenvalue weighted by molar-refractivity contribution is 1.03. The first-order chi connectivity index (χ1) is 8.28. The van der Waals surface area contributed by atoms with Gasteiger partial charge >= 0.3 is 0 Å². The summed E-state index contributed by atoms with van der Waals surface area (Å²) in [6, 6.07) is 8.61. The zero-order valence-electron chi connectivity index (χ0n) is 9.74. The summed E-state index contributed by atoms with van der Waals surface area (Å²) in [5.74, 6) is 0.734. The fourth-order valence-corrected chi connectivity index (χ4v) is 3.66. The van der Waals surface area contributed by atoms with E-state index in [0.29, 0.717) is 0 Å². The molecule has 0 bridgehead atoms. The molecular weight excluding hydrogens is 294 g/mol. The molecule has 0 saturated heterocycles. The lowest BCUT2D eigenvalue weighted by atomic mass is 10.1. The van der Waals surface area contributed by atoms with E-state index in [0.717, 1.165) is 11.2 Å². The van der Waals surface area contributed by atoms with E-state index in [9.17, 15) is 0 Å². The van der Waals surface area contributed by atoms with Crippen molar-refractivity contribution >= 4 is 27.3 Å². The minimum atomic E-state index is 0.734. The van der Waals surface area contributed by atoms with Gasteiger partial charge < -0.3 is 0 Å². The van der Waals surface area contributed by atoms with Crippen molar-refractivity contribution in [3.8, 4) is 10.6 Å². The summed E-state index contributed by atoms with van der Waals surface area (Å²) in [6.45, 7) is 2.13. The molecule has 1 saturated carbocycles. The van der Waals surface area contributed by atoms with E-state index in [-0.39, 0.29) is 0 Å². The Morgan fingerprint density at radius 2 is 2.24 bits per heavy atom. The van der Waals surface area contributed by atoms with Crippen molar-refractivity contribution in [3.63, 3.8) is 0 Å². The molecule has 1 nitrogen and oxygen atoms in total. The monoisotopic (exact) mass is 307 g/mol. The van der Waals surface area contributed by atoms with Gasteiger partial charge in [-0.2, -0.15) is 0 Å². The molecule has 1 heterocycles. The van der Waals surface area contributed by atoms with Crippen LogP contribution in [0.4, 0.5) is 0 Å². The number of hydrogen-bond donors (Lipinski definition) is 0. The molecule has 88 valence electrons. The molecule has 3 heteroatoms. The normalized spacial score (nSPS) is 15.2. The van der Waals surface area contributed by atoms with Crippen molar-refractivity contribution in [1.29, 1.82) is 0 Å². The topological polar surface area (TPSA) is 12.9 Å². The van der Waals surface area contributed by atoms with Gasteiger partial charge in [0.1, 0.15) is 5.01 Å². The minimum Gasteiger partial charge on any atom is -0.240 e. The van der Waals surface area contributed by atoms with E-state index >= 15 is 0 Å². The third-order valence-electron chi connectivity index (χ3n) is 3.08. The first-order valence-corrected chi connectivity index (χ1v) is 7.84. The minimum absolute atomic E-state index is 0.734. The highest BCUT2D eigenvalue weighted by atomic mass is 79.9. The Labute approximate surface area is 114 Å². The smallest absolute Gasteiger partial charge is 0.123 e. The molecule has 0 amide bonds. The summed E-state index contributed by atoms with van der Waals surface area (Å²) in [4.78, 5) is 6.25. The van der Waals surface area contributed by atoms with Gasteiger partial charge in [0.25, 0.3) is 0 Å². The Morgan fingerprint density at radius 1 is 1.41 bits per heavy atom. The van der Waals surface area contributed by atoms with E-state index in [1.165, 1.54) is 39.5 Å². The van der Waals surface area contributed by atoms with Gasteiger partial charge in [-0.15, -0.1) is 11.3 Å². The highest BCUT2D eigenvalue weighted by molar-refractivity contribution is 9.08. The molecule has 0 atom stereocenters. The summed E-state index contributed by atoms with van der Waals surface area (Å²) in [7, 11) is 0. The first-order valence-electron chi connectivity index (χ1n) is 5.90. The molecular formula is C14H14BrNS. The van der Waals surface area contributed by atoms with E-state index in [1.807, 2.05) is 11.3 Å². The van der Waals surface area contributed by atoms with Gasteiger partial charge in [0.05, 0.1) is 5.69 Å².